The Hall–Kier alpha value is -11.9. The number of nitrogens with two attached hydrogens (primary N) is 1. The van der Waals surface area contributed by atoms with E-state index in [2.05, 4.69) is 110 Å². The molecule has 1 fully saturated rings. The molecule has 26 nitrogen and oxygen atoms in total. The van der Waals surface area contributed by atoms with Gasteiger partial charge in [0.25, 0.3) is 0 Å². The van der Waals surface area contributed by atoms with Crippen molar-refractivity contribution in [1.82, 2.24) is 73.7 Å². The summed E-state index contributed by atoms with van der Waals surface area (Å²) in [6.45, 7) is 14.6. The van der Waals surface area contributed by atoms with E-state index in [1.165, 1.54) is 0 Å². The SMILES string of the molecule is COc1cc(OC)cc(N(CCCn2cc(C)nc2C)c2ccc3ncc(-c4cnn(C)c4)nc3c2)c1.COc1cc(OC)cc(N(CCN)c2ccc3ncc(-c4cnn(CC(C)C)c4)nc3c2)c1.COc1cc(OC)cc(N(CCN2CCC[C@H]2CC#N)c2ccc3ncc(-c4cnn(C)c4)nc3c2)c1.S. The summed E-state index contributed by atoms with van der Waals surface area (Å²) in [6, 6.07) is 38.6. The number of anilines is 6. The number of methoxy groups -OCH3 is 6. The Kier molecular flexibility index (Phi) is 25.7. The molecule has 108 heavy (non-hydrogen) atoms. The predicted octanol–water partition coefficient (Wildman–Crippen LogP) is 14.0. The van der Waals surface area contributed by atoms with Crippen molar-refractivity contribution < 1.29 is 28.4 Å². The first-order valence-corrected chi connectivity index (χ1v) is 35.7. The van der Waals surface area contributed by atoms with Crippen molar-refractivity contribution in [3.8, 4) is 74.3 Å². The van der Waals surface area contributed by atoms with Crippen molar-refractivity contribution in [1.29, 1.82) is 5.26 Å². The molecule has 560 valence electrons. The molecule has 0 amide bonds. The van der Waals surface area contributed by atoms with E-state index in [0.29, 0.717) is 43.0 Å². The van der Waals surface area contributed by atoms with Gasteiger partial charge in [-0.05, 0) is 100 Å². The highest BCUT2D eigenvalue weighted by molar-refractivity contribution is 7.59. The zero-order valence-electron chi connectivity index (χ0n) is 63.3. The number of ether oxygens (including phenoxy) is 6. The second-order valence-corrected chi connectivity index (χ2v) is 26.6. The van der Waals surface area contributed by atoms with Gasteiger partial charge in [-0.1, -0.05) is 13.8 Å². The normalized spacial score (nSPS) is 12.6. The molecule has 1 aliphatic heterocycles. The smallest absolute Gasteiger partial charge is 0.124 e. The third-order valence-corrected chi connectivity index (χ3v) is 18.6. The van der Waals surface area contributed by atoms with Crippen LogP contribution in [-0.4, -0.2) is 162 Å². The maximum absolute atomic E-state index is 9.27. The minimum absolute atomic E-state index is 0. The fourth-order valence-corrected chi connectivity index (χ4v) is 13.2. The first-order chi connectivity index (χ1) is 52.0. The van der Waals surface area contributed by atoms with Gasteiger partial charge < -0.3 is 53.4 Å². The number of hydrogen-bond acceptors (Lipinski definition) is 22. The van der Waals surface area contributed by atoms with Crippen molar-refractivity contribution >= 4 is 80.7 Å². The maximum atomic E-state index is 9.27. The number of aromatic nitrogens is 14. The van der Waals surface area contributed by atoms with E-state index in [0.717, 1.165) is 194 Å². The number of hydrogen-bond donors (Lipinski definition) is 1. The van der Waals surface area contributed by atoms with E-state index in [-0.39, 0.29) is 13.5 Å². The summed E-state index contributed by atoms with van der Waals surface area (Å²) in [4.78, 5) is 42.2. The Morgan fingerprint density at radius 2 is 0.907 bits per heavy atom. The van der Waals surface area contributed by atoms with E-state index in [1.54, 1.807) is 83.0 Å². The van der Waals surface area contributed by atoms with Crippen molar-refractivity contribution in [3.63, 3.8) is 0 Å². The highest BCUT2D eigenvalue weighted by atomic mass is 32.1. The lowest BCUT2D eigenvalue weighted by Crippen LogP contribution is -2.36. The molecule has 13 aromatic rings. The van der Waals surface area contributed by atoms with Crippen LogP contribution in [0.5, 0.6) is 34.5 Å². The van der Waals surface area contributed by atoms with Crippen LogP contribution in [-0.2, 0) is 27.2 Å². The van der Waals surface area contributed by atoms with Crippen molar-refractivity contribution in [3.05, 3.63) is 183 Å². The van der Waals surface area contributed by atoms with Crippen LogP contribution in [0.25, 0.3) is 66.9 Å². The molecule has 14 rings (SSSR count). The quantitative estimate of drug-likeness (QED) is 0.0501. The number of benzene rings is 6. The molecular weight excluding hydrogens is 1380 g/mol. The highest BCUT2D eigenvalue weighted by Gasteiger charge is 2.26. The molecule has 0 bridgehead atoms. The van der Waals surface area contributed by atoms with Crippen LogP contribution in [0.15, 0.2) is 171 Å². The monoisotopic (exact) mass is 1470 g/mol. The van der Waals surface area contributed by atoms with Crippen LogP contribution in [0.4, 0.5) is 34.1 Å². The zero-order chi connectivity index (χ0) is 75.1. The second-order valence-electron chi connectivity index (χ2n) is 26.6. The highest BCUT2D eigenvalue weighted by Crippen LogP contribution is 2.39. The van der Waals surface area contributed by atoms with Gasteiger partial charge in [0.05, 0.1) is 148 Å². The minimum atomic E-state index is 0. The van der Waals surface area contributed by atoms with Crippen LogP contribution < -0.4 is 48.9 Å². The van der Waals surface area contributed by atoms with Gasteiger partial charge in [0.1, 0.15) is 40.3 Å². The molecule has 0 aliphatic carbocycles. The lowest BCUT2D eigenvalue weighted by Gasteiger charge is -2.30. The van der Waals surface area contributed by atoms with Crippen molar-refractivity contribution in [2.45, 2.75) is 72.5 Å². The number of fused-ring (bicyclic) bond motifs is 3. The summed E-state index contributed by atoms with van der Waals surface area (Å²) in [6.07, 6.45) is 22.5. The van der Waals surface area contributed by atoms with Gasteiger partial charge in [-0.2, -0.15) is 34.1 Å². The van der Waals surface area contributed by atoms with Gasteiger partial charge in [-0.25, -0.2) is 19.9 Å². The van der Waals surface area contributed by atoms with E-state index < -0.39 is 0 Å². The van der Waals surface area contributed by atoms with Gasteiger partial charge in [0.15, 0.2) is 0 Å². The number of nitrogens with zero attached hydrogens (tertiary/aromatic N) is 19. The van der Waals surface area contributed by atoms with Gasteiger partial charge >= 0.3 is 0 Å². The number of aryl methyl sites for hydroxylation is 5. The van der Waals surface area contributed by atoms with Crippen LogP contribution in [0.1, 0.15) is 51.0 Å². The maximum Gasteiger partial charge on any atom is 0.124 e. The number of nitriles is 1. The van der Waals surface area contributed by atoms with Crippen LogP contribution >= 0.6 is 13.5 Å². The molecule has 1 atom stereocenters. The molecule has 0 spiro atoms. The molecule has 0 saturated carbocycles. The summed E-state index contributed by atoms with van der Waals surface area (Å²) >= 11 is 0. The Labute approximate surface area is 636 Å². The van der Waals surface area contributed by atoms with Crippen molar-refractivity contribution in [2.75, 3.05) is 96.6 Å². The molecule has 2 N–H and O–H groups in total. The average molecular weight is 1480 g/mol. The first kappa shape index (κ1) is 77.2. The van der Waals surface area contributed by atoms with Gasteiger partial charge in [0, 0.05) is 196 Å². The fourth-order valence-electron chi connectivity index (χ4n) is 13.2. The Bertz CT molecular complexity index is 5160. The van der Waals surface area contributed by atoms with Crippen LogP contribution in [0.2, 0.25) is 0 Å². The molecular formula is C81H94N20O6S. The second kappa shape index (κ2) is 36.0. The third-order valence-electron chi connectivity index (χ3n) is 18.6. The zero-order valence-corrected chi connectivity index (χ0v) is 64.3. The third kappa shape index (κ3) is 18.9. The summed E-state index contributed by atoms with van der Waals surface area (Å²) in [7, 11) is 13.7. The summed E-state index contributed by atoms with van der Waals surface area (Å²) in [5.74, 6) is 5.90. The topological polar surface area (TPSA) is 267 Å². The predicted molar refractivity (Wildman–Crippen MR) is 429 cm³/mol. The lowest BCUT2D eigenvalue weighted by atomic mass is 10.1. The molecule has 6 aromatic carbocycles. The Morgan fingerprint density at radius 1 is 0.491 bits per heavy atom. The van der Waals surface area contributed by atoms with E-state index in [4.69, 9.17) is 49.1 Å². The average Bonchev–Trinajstić information content (AvgIpc) is 1.04. The number of likely N-dealkylation sites (tertiary alicyclic amines) is 1. The van der Waals surface area contributed by atoms with E-state index in [9.17, 15) is 5.26 Å². The summed E-state index contributed by atoms with van der Waals surface area (Å²) < 4.78 is 40.8. The Morgan fingerprint density at radius 3 is 1.29 bits per heavy atom. The molecule has 7 aromatic heterocycles. The van der Waals surface area contributed by atoms with E-state index in [1.807, 2.05) is 142 Å². The summed E-state index contributed by atoms with van der Waals surface area (Å²) in [5.41, 5.74) is 22.9. The molecule has 1 aliphatic rings. The molecule has 0 radical (unpaired) electrons. The van der Waals surface area contributed by atoms with Crippen LogP contribution in [0.3, 0.4) is 0 Å². The van der Waals surface area contributed by atoms with Gasteiger partial charge in [-0.3, -0.25) is 33.9 Å². The summed E-state index contributed by atoms with van der Waals surface area (Å²) in [5, 5.41) is 22.3. The van der Waals surface area contributed by atoms with Crippen LogP contribution in [0, 0.1) is 31.1 Å². The molecule has 1 saturated heterocycles. The minimum Gasteiger partial charge on any atom is -0.497 e. The van der Waals surface area contributed by atoms with Gasteiger partial charge in [-0.15, -0.1) is 0 Å². The number of imidazole rings is 1. The van der Waals surface area contributed by atoms with Gasteiger partial charge in [0.2, 0.25) is 0 Å². The Balaban J connectivity index is 0.000000161. The first-order valence-electron chi connectivity index (χ1n) is 35.7. The molecule has 0 unspecified atom stereocenters. The molecule has 8 heterocycles. The van der Waals surface area contributed by atoms with E-state index >= 15 is 0 Å². The molecule has 27 heteroatoms. The fraction of sp³-hybridized carbons (Fsp3) is 0.321. The largest absolute Gasteiger partial charge is 0.497 e. The lowest BCUT2D eigenvalue weighted by molar-refractivity contribution is 0.263. The number of rotatable bonds is 27. The van der Waals surface area contributed by atoms with Crippen molar-refractivity contribution in [2.24, 2.45) is 25.7 Å². The standard InChI is InChI=1S/2C28H31N7O2.C25H30N6O2.H2S/c1-19-17-34(20(2)31-19)9-6-10-35(23-11-24(36-4)14-25(12-23)37-5)22-7-8-26-27(13-22)32-28(16-29-26)21-15-30-33(3)18-21;1-33-19-20(17-31-33)28-18-30-26-7-6-22(15-27(26)32-28)35(12-11-34-10-4-5-21(34)8-9-29)23-13-24(36-2)16-25(14-23)37-3;1-17(2)15-30-16-18(13-28-30)25-14-27-23-6-5-19(11-24(23)29-25)31(8-7-26)20-9-21(32-3)12-22(10-20)33-4;/h7-8,11-18H,6,9-10H2,1-5H3;6-7,13-19,21H,4-5,8,10-12H2,1-3H3;5-6,9-14,16-17H,7-8,15,26H2,1-4H3;1H2/t;21-;;/m.0../s1.